The van der Waals surface area contributed by atoms with Crippen LogP contribution in [0.4, 0.5) is 5.69 Å². The number of amides is 3. The van der Waals surface area contributed by atoms with E-state index in [1.54, 1.807) is 6.07 Å². The molecule has 2 saturated heterocycles. The number of benzene rings is 1. The topological polar surface area (TPSA) is 70.2 Å². The van der Waals surface area contributed by atoms with Crippen molar-refractivity contribution in [1.29, 1.82) is 0 Å². The summed E-state index contributed by atoms with van der Waals surface area (Å²) in [6, 6.07) is 5.46. The van der Waals surface area contributed by atoms with Crippen molar-refractivity contribution in [1.82, 2.24) is 9.80 Å². The lowest BCUT2D eigenvalue weighted by molar-refractivity contribution is -0.135. The maximum Gasteiger partial charge on any atom is 0.263 e. The first kappa shape index (κ1) is 22.5. The molecule has 2 unspecified atom stereocenters. The first-order chi connectivity index (χ1) is 15.4. The summed E-state index contributed by atoms with van der Waals surface area (Å²) in [4.78, 5) is 44.7. The summed E-state index contributed by atoms with van der Waals surface area (Å²) in [6.07, 6.45) is 3.45. The summed E-state index contributed by atoms with van der Waals surface area (Å²) < 4.78 is 5.65. The van der Waals surface area contributed by atoms with Gasteiger partial charge in [0.1, 0.15) is 0 Å². The first-order valence-corrected chi connectivity index (χ1v) is 11.7. The van der Waals surface area contributed by atoms with Crippen molar-refractivity contribution in [2.75, 3.05) is 44.2 Å². The molecule has 172 valence electrons. The van der Waals surface area contributed by atoms with E-state index in [0.717, 1.165) is 43.5 Å². The highest BCUT2D eigenvalue weighted by molar-refractivity contribution is 6.23. The number of imide groups is 1. The molecule has 3 heterocycles. The zero-order valence-corrected chi connectivity index (χ0v) is 19.1. The van der Waals surface area contributed by atoms with E-state index in [1.165, 1.54) is 4.90 Å². The van der Waals surface area contributed by atoms with E-state index in [-0.39, 0.29) is 29.7 Å². The lowest BCUT2D eigenvalue weighted by Crippen LogP contribution is -2.45. The molecule has 3 amide bonds. The van der Waals surface area contributed by atoms with Crippen molar-refractivity contribution in [3.05, 3.63) is 41.5 Å². The normalized spacial score (nSPS) is 22.9. The van der Waals surface area contributed by atoms with Gasteiger partial charge in [0, 0.05) is 32.8 Å². The molecule has 3 aliphatic rings. The Kier molecular flexibility index (Phi) is 6.65. The fourth-order valence-electron chi connectivity index (χ4n) is 5.06. The predicted octanol–water partition coefficient (Wildman–Crippen LogP) is 3.10. The third-order valence-corrected chi connectivity index (χ3v) is 6.65. The van der Waals surface area contributed by atoms with Gasteiger partial charge in [0.15, 0.2) is 0 Å². The quantitative estimate of drug-likeness (QED) is 0.482. The highest BCUT2D eigenvalue weighted by atomic mass is 16.5. The molecule has 32 heavy (non-hydrogen) atoms. The van der Waals surface area contributed by atoms with Gasteiger partial charge in [-0.1, -0.05) is 18.2 Å². The summed E-state index contributed by atoms with van der Waals surface area (Å²) in [5.41, 5.74) is 2.65. The number of fused-ring (bicyclic) bond motifs is 1. The van der Waals surface area contributed by atoms with Crippen molar-refractivity contribution in [2.45, 2.75) is 45.6 Å². The summed E-state index contributed by atoms with van der Waals surface area (Å²) in [7, 11) is 0. The molecule has 0 N–H and O–H groups in total. The van der Waals surface area contributed by atoms with Gasteiger partial charge in [0.2, 0.25) is 5.91 Å². The first-order valence-electron chi connectivity index (χ1n) is 11.7. The molecular formula is C25H33N3O4. The Morgan fingerprint density at radius 3 is 2.72 bits per heavy atom. The highest BCUT2D eigenvalue weighted by Gasteiger charge is 2.41. The summed E-state index contributed by atoms with van der Waals surface area (Å²) in [5, 5.41) is 0. The van der Waals surface area contributed by atoms with Crippen molar-refractivity contribution < 1.29 is 19.1 Å². The molecule has 1 aromatic carbocycles. The SMILES string of the molecule is C=C(C)CN(CC)C(=O)C1CCCN(c2cccc3c2C(=O)N(CC2CCCO2)C3=O)C1. The highest BCUT2D eigenvalue weighted by Crippen LogP contribution is 2.35. The predicted molar refractivity (Wildman–Crippen MR) is 123 cm³/mol. The maximum absolute atomic E-state index is 13.3. The molecule has 2 fully saturated rings. The van der Waals surface area contributed by atoms with Gasteiger partial charge in [-0.2, -0.15) is 0 Å². The van der Waals surface area contributed by atoms with Crippen LogP contribution in [0.25, 0.3) is 0 Å². The number of rotatable bonds is 7. The van der Waals surface area contributed by atoms with Gasteiger partial charge < -0.3 is 14.5 Å². The molecule has 7 heteroatoms. The van der Waals surface area contributed by atoms with Crippen molar-refractivity contribution in [3.8, 4) is 0 Å². The van der Waals surface area contributed by atoms with Crippen LogP contribution in [0.5, 0.6) is 0 Å². The standard InChI is InChI=1S/C25H33N3O4/c1-4-26(14-17(2)3)23(29)18-8-6-12-27(15-18)21-11-5-10-20-22(21)25(31)28(24(20)30)16-19-9-7-13-32-19/h5,10-11,18-19H,2,4,6-9,12-16H2,1,3H3. The van der Waals surface area contributed by atoms with Crippen molar-refractivity contribution in [2.24, 2.45) is 5.92 Å². The molecule has 3 aliphatic heterocycles. The number of hydrogen-bond donors (Lipinski definition) is 0. The fourth-order valence-corrected chi connectivity index (χ4v) is 5.06. The molecular weight excluding hydrogens is 406 g/mol. The molecule has 1 aromatic rings. The zero-order valence-electron chi connectivity index (χ0n) is 19.1. The van der Waals surface area contributed by atoms with Crippen LogP contribution in [-0.4, -0.2) is 73.0 Å². The van der Waals surface area contributed by atoms with Gasteiger partial charge >= 0.3 is 0 Å². The van der Waals surface area contributed by atoms with Crippen LogP contribution in [0.1, 0.15) is 60.2 Å². The smallest absolute Gasteiger partial charge is 0.263 e. The van der Waals surface area contributed by atoms with Crippen LogP contribution in [0.2, 0.25) is 0 Å². The molecule has 0 saturated carbocycles. The number of nitrogens with zero attached hydrogens (tertiary/aromatic N) is 3. The average Bonchev–Trinajstić information content (AvgIpc) is 3.40. The van der Waals surface area contributed by atoms with Crippen LogP contribution in [-0.2, 0) is 9.53 Å². The summed E-state index contributed by atoms with van der Waals surface area (Å²) >= 11 is 0. The van der Waals surface area contributed by atoms with E-state index in [1.807, 2.05) is 30.9 Å². The van der Waals surface area contributed by atoms with Gasteiger partial charge in [-0.3, -0.25) is 19.3 Å². The van der Waals surface area contributed by atoms with Gasteiger partial charge in [-0.25, -0.2) is 0 Å². The summed E-state index contributed by atoms with van der Waals surface area (Å²) in [6.45, 7) is 11.4. The minimum Gasteiger partial charge on any atom is -0.376 e. The number of carbonyl (C=O) groups is 3. The maximum atomic E-state index is 13.3. The minimum absolute atomic E-state index is 0.0778. The Morgan fingerprint density at radius 2 is 2.03 bits per heavy atom. The van der Waals surface area contributed by atoms with E-state index in [4.69, 9.17) is 4.74 Å². The monoisotopic (exact) mass is 439 g/mol. The Bertz CT molecular complexity index is 922. The number of carbonyl (C=O) groups excluding carboxylic acids is 3. The van der Waals surface area contributed by atoms with E-state index in [2.05, 4.69) is 11.5 Å². The second-order valence-corrected chi connectivity index (χ2v) is 9.15. The second kappa shape index (κ2) is 9.45. The Morgan fingerprint density at radius 1 is 1.22 bits per heavy atom. The van der Waals surface area contributed by atoms with E-state index < -0.39 is 0 Å². The molecule has 2 atom stereocenters. The molecule has 4 rings (SSSR count). The number of anilines is 1. The molecule has 0 spiro atoms. The second-order valence-electron chi connectivity index (χ2n) is 9.15. The third kappa shape index (κ3) is 4.31. The van der Waals surface area contributed by atoms with Gasteiger partial charge in [0.25, 0.3) is 11.8 Å². The number of piperidine rings is 1. The number of likely N-dealkylation sites (N-methyl/N-ethyl adjacent to an activating group) is 1. The Labute approximate surface area is 190 Å². The van der Waals surface area contributed by atoms with Crippen LogP contribution in [0, 0.1) is 5.92 Å². The molecule has 0 aromatic heterocycles. The van der Waals surface area contributed by atoms with E-state index >= 15 is 0 Å². The Balaban J connectivity index is 1.54. The van der Waals surface area contributed by atoms with E-state index in [0.29, 0.717) is 43.9 Å². The minimum atomic E-state index is -0.248. The molecule has 0 aliphatic carbocycles. The van der Waals surface area contributed by atoms with Gasteiger partial charge in [-0.15, -0.1) is 0 Å². The average molecular weight is 440 g/mol. The summed E-state index contributed by atoms with van der Waals surface area (Å²) in [5.74, 6) is -0.489. The van der Waals surface area contributed by atoms with Crippen LogP contribution >= 0.6 is 0 Å². The molecule has 0 radical (unpaired) electrons. The largest absolute Gasteiger partial charge is 0.376 e. The van der Waals surface area contributed by atoms with Crippen molar-refractivity contribution in [3.63, 3.8) is 0 Å². The zero-order chi connectivity index (χ0) is 22.8. The van der Waals surface area contributed by atoms with Gasteiger partial charge in [-0.05, 0) is 51.7 Å². The lowest BCUT2D eigenvalue weighted by Gasteiger charge is -2.36. The lowest BCUT2D eigenvalue weighted by atomic mass is 9.94. The van der Waals surface area contributed by atoms with Crippen LogP contribution in [0.3, 0.4) is 0 Å². The van der Waals surface area contributed by atoms with E-state index in [9.17, 15) is 14.4 Å². The Hall–Kier alpha value is -2.67. The fraction of sp³-hybridized carbons (Fsp3) is 0.560. The molecule has 0 bridgehead atoms. The van der Waals surface area contributed by atoms with Gasteiger partial charge in [0.05, 0.1) is 35.4 Å². The number of hydrogen-bond acceptors (Lipinski definition) is 5. The third-order valence-electron chi connectivity index (χ3n) is 6.65. The van der Waals surface area contributed by atoms with Crippen LogP contribution < -0.4 is 4.90 Å². The van der Waals surface area contributed by atoms with Crippen molar-refractivity contribution >= 4 is 23.4 Å². The number of ether oxygens (including phenoxy) is 1. The molecule has 7 nitrogen and oxygen atoms in total. The van der Waals surface area contributed by atoms with Crippen LogP contribution in [0.15, 0.2) is 30.4 Å².